The second-order valence-corrected chi connectivity index (χ2v) is 6.28. The number of hydrogen-bond donors (Lipinski definition) is 1. The number of aryl methyl sites for hydroxylation is 1. The highest BCUT2D eigenvalue weighted by Gasteiger charge is 2.20. The molecule has 1 aromatic rings. The fraction of sp³-hybridized carbons (Fsp3) is 0.800. The van der Waals surface area contributed by atoms with Gasteiger partial charge in [-0.25, -0.2) is 0 Å². The van der Waals surface area contributed by atoms with Gasteiger partial charge in [-0.1, -0.05) is 13.8 Å². The van der Waals surface area contributed by atoms with Crippen molar-refractivity contribution in [1.82, 2.24) is 20.0 Å². The molecule has 0 spiro atoms. The van der Waals surface area contributed by atoms with Gasteiger partial charge in [0.05, 0.1) is 5.69 Å². The molecule has 108 valence electrons. The number of piperidine rings is 1. The van der Waals surface area contributed by atoms with Crippen LogP contribution in [-0.4, -0.2) is 40.9 Å². The lowest BCUT2D eigenvalue weighted by Crippen LogP contribution is -2.39. The third-order valence-electron chi connectivity index (χ3n) is 3.74. The zero-order valence-corrected chi connectivity index (χ0v) is 12.6. The van der Waals surface area contributed by atoms with E-state index < -0.39 is 0 Å². The molecule has 1 N–H and O–H groups in total. The van der Waals surface area contributed by atoms with E-state index in [1.165, 1.54) is 31.6 Å². The molecule has 0 amide bonds. The molecule has 1 aliphatic rings. The highest BCUT2D eigenvalue weighted by Crippen LogP contribution is 2.17. The molecule has 19 heavy (non-hydrogen) atoms. The topological polar surface area (TPSA) is 33.1 Å². The number of nitrogens with one attached hydrogen (secondary N) is 1. The minimum atomic E-state index is 0.744. The zero-order valence-electron chi connectivity index (χ0n) is 12.6. The second-order valence-electron chi connectivity index (χ2n) is 6.28. The van der Waals surface area contributed by atoms with Gasteiger partial charge in [0, 0.05) is 26.3 Å². The van der Waals surface area contributed by atoms with E-state index in [0.717, 1.165) is 31.5 Å². The molecule has 0 bridgehead atoms. The van der Waals surface area contributed by atoms with Gasteiger partial charge in [-0.05, 0) is 50.4 Å². The minimum absolute atomic E-state index is 0.744. The summed E-state index contributed by atoms with van der Waals surface area (Å²) in [4.78, 5) is 2.55. The van der Waals surface area contributed by atoms with Gasteiger partial charge in [0.1, 0.15) is 0 Å². The maximum absolute atomic E-state index is 4.47. The second kappa shape index (κ2) is 7.06. The number of likely N-dealkylation sites (tertiary alicyclic amines) is 1. The van der Waals surface area contributed by atoms with Crippen LogP contribution in [0.5, 0.6) is 0 Å². The summed E-state index contributed by atoms with van der Waals surface area (Å²) in [5, 5.41) is 8.07. The largest absolute Gasteiger partial charge is 0.316 e. The Bertz CT molecular complexity index is 372. The number of nitrogens with zero attached hydrogens (tertiary/aromatic N) is 3. The van der Waals surface area contributed by atoms with Crippen molar-refractivity contribution in [2.45, 2.75) is 33.2 Å². The van der Waals surface area contributed by atoms with Crippen molar-refractivity contribution in [2.24, 2.45) is 18.9 Å². The molecular weight excluding hydrogens is 236 g/mol. The van der Waals surface area contributed by atoms with Crippen molar-refractivity contribution >= 4 is 0 Å². The van der Waals surface area contributed by atoms with E-state index in [1.807, 2.05) is 17.9 Å². The first-order valence-corrected chi connectivity index (χ1v) is 7.55. The lowest BCUT2D eigenvalue weighted by atomic mass is 9.97. The van der Waals surface area contributed by atoms with Crippen molar-refractivity contribution in [3.63, 3.8) is 0 Å². The van der Waals surface area contributed by atoms with Gasteiger partial charge in [0.15, 0.2) is 0 Å². The Labute approximate surface area is 117 Å². The molecule has 4 nitrogen and oxygen atoms in total. The van der Waals surface area contributed by atoms with Crippen LogP contribution < -0.4 is 5.32 Å². The molecule has 1 atom stereocenters. The van der Waals surface area contributed by atoms with E-state index in [-0.39, 0.29) is 0 Å². The van der Waals surface area contributed by atoms with Crippen LogP contribution in [0.1, 0.15) is 32.4 Å². The maximum atomic E-state index is 4.47. The molecule has 2 rings (SSSR count). The third-order valence-corrected chi connectivity index (χ3v) is 3.74. The van der Waals surface area contributed by atoms with Gasteiger partial charge >= 0.3 is 0 Å². The van der Waals surface area contributed by atoms with Crippen molar-refractivity contribution in [2.75, 3.05) is 26.2 Å². The zero-order chi connectivity index (χ0) is 13.7. The van der Waals surface area contributed by atoms with Gasteiger partial charge in [0.2, 0.25) is 0 Å². The average Bonchev–Trinajstić information content (AvgIpc) is 2.75. The fourth-order valence-corrected chi connectivity index (χ4v) is 2.81. The molecule has 0 aliphatic carbocycles. The summed E-state index contributed by atoms with van der Waals surface area (Å²) in [6, 6.07) is 2.13. The quantitative estimate of drug-likeness (QED) is 0.851. The summed E-state index contributed by atoms with van der Waals surface area (Å²) in [7, 11) is 1.98. The normalized spacial score (nSPS) is 21.2. The van der Waals surface area contributed by atoms with Gasteiger partial charge in [-0.15, -0.1) is 0 Å². The maximum Gasteiger partial charge on any atom is 0.0764 e. The van der Waals surface area contributed by atoms with Gasteiger partial charge in [0.25, 0.3) is 0 Å². The number of hydrogen-bond acceptors (Lipinski definition) is 3. The van der Waals surface area contributed by atoms with Crippen molar-refractivity contribution < 1.29 is 0 Å². The minimum Gasteiger partial charge on any atom is -0.316 e. The monoisotopic (exact) mass is 264 g/mol. The van der Waals surface area contributed by atoms with Gasteiger partial charge in [-0.2, -0.15) is 5.10 Å². The Hall–Kier alpha value is -0.870. The summed E-state index contributed by atoms with van der Waals surface area (Å²) >= 11 is 0. The van der Waals surface area contributed by atoms with Crippen LogP contribution in [0.15, 0.2) is 12.3 Å². The van der Waals surface area contributed by atoms with Gasteiger partial charge in [-0.3, -0.25) is 9.58 Å². The summed E-state index contributed by atoms with van der Waals surface area (Å²) < 4.78 is 1.89. The van der Waals surface area contributed by atoms with E-state index in [1.54, 1.807) is 0 Å². The van der Waals surface area contributed by atoms with E-state index in [0.29, 0.717) is 0 Å². The number of rotatable bonds is 6. The average molecular weight is 264 g/mol. The Morgan fingerprint density at radius 1 is 1.47 bits per heavy atom. The SMILES string of the molecule is CC(C)CNCC1CCCN(Cc2ccn(C)n2)C1. The fourth-order valence-electron chi connectivity index (χ4n) is 2.81. The van der Waals surface area contributed by atoms with Crippen molar-refractivity contribution in [1.29, 1.82) is 0 Å². The molecular formula is C15H28N4. The molecule has 1 aromatic heterocycles. The molecule has 1 unspecified atom stereocenters. The summed E-state index contributed by atoms with van der Waals surface area (Å²) in [6.07, 6.45) is 4.71. The van der Waals surface area contributed by atoms with Crippen LogP contribution in [0, 0.1) is 11.8 Å². The lowest BCUT2D eigenvalue weighted by molar-refractivity contribution is 0.163. The summed E-state index contributed by atoms with van der Waals surface area (Å²) in [5.41, 5.74) is 1.19. The standard InChI is InChI=1S/C15H28N4/c1-13(2)9-16-10-14-5-4-7-19(11-14)12-15-6-8-18(3)17-15/h6,8,13-14,16H,4-5,7,9-12H2,1-3H3. The third kappa shape index (κ3) is 4.96. The lowest BCUT2D eigenvalue weighted by Gasteiger charge is -2.32. The first-order chi connectivity index (χ1) is 9.13. The molecule has 0 radical (unpaired) electrons. The Kier molecular flexibility index (Phi) is 5.40. The Balaban J connectivity index is 1.74. The Morgan fingerprint density at radius 3 is 3.00 bits per heavy atom. The van der Waals surface area contributed by atoms with E-state index >= 15 is 0 Å². The van der Waals surface area contributed by atoms with E-state index in [4.69, 9.17) is 0 Å². The van der Waals surface area contributed by atoms with Crippen LogP contribution >= 0.6 is 0 Å². The van der Waals surface area contributed by atoms with E-state index in [2.05, 4.69) is 35.2 Å². The smallest absolute Gasteiger partial charge is 0.0764 e. The van der Waals surface area contributed by atoms with Crippen LogP contribution in [-0.2, 0) is 13.6 Å². The molecule has 1 fully saturated rings. The summed E-state index contributed by atoms with van der Waals surface area (Å²) in [6.45, 7) is 10.3. The first-order valence-electron chi connectivity index (χ1n) is 7.55. The molecule has 1 aliphatic heterocycles. The summed E-state index contributed by atoms with van der Waals surface area (Å²) in [5.74, 6) is 1.55. The van der Waals surface area contributed by atoms with Crippen LogP contribution in [0.3, 0.4) is 0 Å². The highest BCUT2D eigenvalue weighted by atomic mass is 15.3. The van der Waals surface area contributed by atoms with Crippen LogP contribution in [0.4, 0.5) is 0 Å². The predicted molar refractivity (Wildman–Crippen MR) is 78.9 cm³/mol. The molecule has 2 heterocycles. The van der Waals surface area contributed by atoms with Crippen molar-refractivity contribution in [3.05, 3.63) is 18.0 Å². The van der Waals surface area contributed by atoms with E-state index in [9.17, 15) is 0 Å². The highest BCUT2D eigenvalue weighted by molar-refractivity contribution is 4.98. The predicted octanol–water partition coefficient (Wildman–Crippen LogP) is 1.88. The van der Waals surface area contributed by atoms with Crippen molar-refractivity contribution in [3.8, 4) is 0 Å². The number of aromatic nitrogens is 2. The van der Waals surface area contributed by atoms with Crippen LogP contribution in [0.2, 0.25) is 0 Å². The first kappa shape index (κ1) is 14.5. The Morgan fingerprint density at radius 2 is 2.32 bits per heavy atom. The molecule has 4 heteroatoms. The molecule has 1 saturated heterocycles. The van der Waals surface area contributed by atoms with Crippen LogP contribution in [0.25, 0.3) is 0 Å². The van der Waals surface area contributed by atoms with Gasteiger partial charge < -0.3 is 5.32 Å². The molecule has 0 saturated carbocycles. The molecule has 0 aromatic carbocycles.